The van der Waals surface area contributed by atoms with E-state index in [1.54, 1.807) is 0 Å². The van der Waals surface area contributed by atoms with Gasteiger partial charge in [0.25, 0.3) is 0 Å². The molecule has 0 aliphatic rings. The summed E-state index contributed by atoms with van der Waals surface area (Å²) >= 11 is 0. The molecule has 1 N–H and O–H groups in total. The Morgan fingerprint density at radius 2 is 1.71 bits per heavy atom. The molecule has 2 aromatic carbocycles. The van der Waals surface area contributed by atoms with Gasteiger partial charge in [0.2, 0.25) is 11.8 Å². The molecule has 0 fully saturated rings. The monoisotopic (exact) mass is 425 g/mol. The number of nitrogens with one attached hydrogen (secondary N) is 1. The molecule has 0 radical (unpaired) electrons. The number of ether oxygens (including phenoxy) is 1. The lowest BCUT2D eigenvalue weighted by molar-refractivity contribution is -0.138. The minimum absolute atomic E-state index is 0.0106. The van der Waals surface area contributed by atoms with Gasteiger partial charge in [0, 0.05) is 45.5 Å². The molecule has 2 rings (SSSR count). The van der Waals surface area contributed by atoms with Crippen molar-refractivity contribution in [2.45, 2.75) is 39.8 Å². The van der Waals surface area contributed by atoms with E-state index in [1.807, 2.05) is 93.2 Å². The van der Waals surface area contributed by atoms with Crippen molar-refractivity contribution in [1.82, 2.24) is 4.90 Å². The Morgan fingerprint density at radius 3 is 2.29 bits per heavy atom. The number of hydrogen-bond acceptors (Lipinski definition) is 4. The molecule has 0 heterocycles. The van der Waals surface area contributed by atoms with Gasteiger partial charge in [-0.25, -0.2) is 0 Å². The molecular formula is C25H35N3O3. The Bertz CT molecular complexity index is 866. The summed E-state index contributed by atoms with van der Waals surface area (Å²) in [6.07, 6.45) is 0.467. The zero-order chi connectivity index (χ0) is 23.0. The summed E-state index contributed by atoms with van der Waals surface area (Å²) in [6.45, 7) is 6.47. The lowest BCUT2D eigenvalue weighted by atomic mass is 10.0. The van der Waals surface area contributed by atoms with Crippen LogP contribution >= 0.6 is 0 Å². The van der Waals surface area contributed by atoms with Gasteiger partial charge in [-0.05, 0) is 42.2 Å². The maximum absolute atomic E-state index is 12.9. The fourth-order valence-corrected chi connectivity index (χ4v) is 3.55. The summed E-state index contributed by atoms with van der Waals surface area (Å²) in [5.41, 5.74) is 3.74. The van der Waals surface area contributed by atoms with E-state index < -0.39 is 0 Å². The van der Waals surface area contributed by atoms with Crippen LogP contribution < -0.4 is 10.2 Å². The van der Waals surface area contributed by atoms with Crippen molar-refractivity contribution in [2.75, 3.05) is 38.0 Å². The molecule has 2 aromatic rings. The molecule has 1 unspecified atom stereocenters. The highest BCUT2D eigenvalue weighted by Gasteiger charge is 2.23. The maximum Gasteiger partial charge on any atom is 0.249 e. The van der Waals surface area contributed by atoms with E-state index in [-0.39, 0.29) is 30.4 Å². The topological polar surface area (TPSA) is 61.9 Å². The summed E-state index contributed by atoms with van der Waals surface area (Å²) in [5.74, 6) is 0.190. The zero-order valence-electron chi connectivity index (χ0n) is 19.5. The first-order valence-electron chi connectivity index (χ1n) is 10.7. The van der Waals surface area contributed by atoms with Crippen molar-refractivity contribution in [3.05, 3.63) is 59.7 Å². The normalized spacial score (nSPS) is 11.8. The summed E-state index contributed by atoms with van der Waals surface area (Å²) < 4.78 is 5.14. The second-order valence-electron chi connectivity index (χ2n) is 8.43. The zero-order valence-corrected chi connectivity index (χ0v) is 19.5. The lowest BCUT2D eigenvalue weighted by Gasteiger charge is -2.31. The molecule has 6 heteroatoms. The number of hydrogen-bond donors (Lipinski definition) is 1. The first-order valence-corrected chi connectivity index (χ1v) is 10.7. The quantitative estimate of drug-likeness (QED) is 0.610. The Kier molecular flexibility index (Phi) is 9.06. The molecule has 1 atom stereocenters. The third kappa shape index (κ3) is 7.10. The van der Waals surface area contributed by atoms with Gasteiger partial charge < -0.3 is 19.9 Å². The predicted molar refractivity (Wildman–Crippen MR) is 126 cm³/mol. The average molecular weight is 426 g/mol. The average Bonchev–Trinajstić information content (AvgIpc) is 2.71. The minimum atomic E-state index is -0.127. The molecular weight excluding hydrogens is 390 g/mol. The summed E-state index contributed by atoms with van der Waals surface area (Å²) in [7, 11) is 5.47. The van der Waals surface area contributed by atoms with Crippen LogP contribution in [0.25, 0.3) is 0 Å². The van der Waals surface area contributed by atoms with Crippen LogP contribution in [0.4, 0.5) is 11.4 Å². The van der Waals surface area contributed by atoms with Crippen molar-refractivity contribution >= 4 is 23.2 Å². The van der Waals surface area contributed by atoms with Gasteiger partial charge in [-0.2, -0.15) is 0 Å². The number of nitrogens with zero attached hydrogens (tertiary/aromatic N) is 2. The molecule has 6 nitrogen and oxygen atoms in total. The van der Waals surface area contributed by atoms with Crippen LogP contribution in [0.3, 0.4) is 0 Å². The van der Waals surface area contributed by atoms with Gasteiger partial charge in [0.1, 0.15) is 6.61 Å². The van der Waals surface area contributed by atoms with Gasteiger partial charge >= 0.3 is 0 Å². The molecule has 0 spiro atoms. The first-order chi connectivity index (χ1) is 14.7. The number of anilines is 2. The standard InChI is InChI=1S/C25H35N3O3/c1-18(2)14-24(29)26-22-12-13-23(27(4)5)21(15-22)16-28(25(30)17-31-6)19(3)20-10-8-7-9-11-20/h7-13,15,18-19H,14,16-17H2,1-6H3,(H,26,29). The van der Waals surface area contributed by atoms with Gasteiger partial charge in [0.05, 0.1) is 6.04 Å². The molecule has 0 saturated heterocycles. The number of carbonyl (C=O) groups is 2. The number of amides is 2. The Hall–Kier alpha value is -2.86. The second-order valence-corrected chi connectivity index (χ2v) is 8.43. The second kappa shape index (κ2) is 11.5. The van der Waals surface area contributed by atoms with Gasteiger partial charge in [-0.15, -0.1) is 0 Å². The van der Waals surface area contributed by atoms with Crippen molar-refractivity contribution < 1.29 is 14.3 Å². The van der Waals surface area contributed by atoms with Crippen molar-refractivity contribution in [1.29, 1.82) is 0 Å². The maximum atomic E-state index is 12.9. The van der Waals surface area contributed by atoms with Crippen molar-refractivity contribution in [3.8, 4) is 0 Å². The van der Waals surface area contributed by atoms with Crippen LogP contribution in [0.15, 0.2) is 48.5 Å². The molecule has 0 saturated carbocycles. The smallest absolute Gasteiger partial charge is 0.249 e. The van der Waals surface area contributed by atoms with E-state index in [0.29, 0.717) is 13.0 Å². The Labute approximate surface area is 186 Å². The number of methoxy groups -OCH3 is 1. The number of rotatable bonds is 10. The molecule has 0 aliphatic carbocycles. The molecule has 168 valence electrons. The highest BCUT2D eigenvalue weighted by Crippen LogP contribution is 2.29. The fraction of sp³-hybridized carbons (Fsp3) is 0.440. The van der Waals surface area contributed by atoms with Gasteiger partial charge in [0.15, 0.2) is 0 Å². The van der Waals surface area contributed by atoms with E-state index in [2.05, 4.69) is 5.32 Å². The molecule has 2 amide bonds. The summed E-state index contributed by atoms with van der Waals surface area (Å²) in [5, 5.41) is 2.98. The van der Waals surface area contributed by atoms with Crippen LogP contribution in [0.2, 0.25) is 0 Å². The number of carbonyl (C=O) groups excluding carboxylic acids is 2. The SMILES string of the molecule is COCC(=O)N(Cc1cc(NC(=O)CC(C)C)ccc1N(C)C)C(C)c1ccccc1. The lowest BCUT2D eigenvalue weighted by Crippen LogP contribution is -2.36. The highest BCUT2D eigenvalue weighted by molar-refractivity contribution is 5.91. The van der Waals surface area contributed by atoms with Crippen LogP contribution in [-0.2, 0) is 20.9 Å². The largest absolute Gasteiger partial charge is 0.377 e. The van der Waals surface area contributed by atoms with Crippen LogP contribution in [0.1, 0.15) is 44.4 Å². The summed E-state index contributed by atoms with van der Waals surface area (Å²) in [4.78, 5) is 29.0. The van der Waals surface area contributed by atoms with E-state index in [4.69, 9.17) is 4.74 Å². The number of benzene rings is 2. The van der Waals surface area contributed by atoms with E-state index in [0.717, 1.165) is 22.5 Å². The van der Waals surface area contributed by atoms with Crippen molar-refractivity contribution in [3.63, 3.8) is 0 Å². The van der Waals surface area contributed by atoms with Crippen LogP contribution in [0.5, 0.6) is 0 Å². The molecule has 0 aromatic heterocycles. The van der Waals surface area contributed by atoms with E-state index >= 15 is 0 Å². The predicted octanol–water partition coefficient (Wildman–Crippen LogP) is 4.47. The molecule has 0 bridgehead atoms. The Morgan fingerprint density at radius 1 is 1.03 bits per heavy atom. The summed E-state index contributed by atoms with van der Waals surface area (Å²) in [6, 6.07) is 15.7. The molecule has 0 aliphatic heterocycles. The minimum Gasteiger partial charge on any atom is -0.377 e. The Balaban J connectivity index is 2.37. The van der Waals surface area contributed by atoms with E-state index in [9.17, 15) is 9.59 Å². The van der Waals surface area contributed by atoms with Crippen molar-refractivity contribution in [2.24, 2.45) is 5.92 Å². The van der Waals surface area contributed by atoms with Gasteiger partial charge in [-0.1, -0.05) is 44.2 Å². The first kappa shape index (κ1) is 24.4. The third-order valence-corrected chi connectivity index (χ3v) is 5.12. The molecule has 31 heavy (non-hydrogen) atoms. The highest BCUT2D eigenvalue weighted by atomic mass is 16.5. The third-order valence-electron chi connectivity index (χ3n) is 5.12. The van der Waals surface area contributed by atoms with Crippen LogP contribution in [-0.4, -0.2) is 44.5 Å². The van der Waals surface area contributed by atoms with E-state index in [1.165, 1.54) is 7.11 Å². The van der Waals surface area contributed by atoms with Gasteiger partial charge in [-0.3, -0.25) is 9.59 Å². The van der Waals surface area contributed by atoms with Crippen LogP contribution in [0, 0.1) is 5.92 Å². The fourth-order valence-electron chi connectivity index (χ4n) is 3.55.